The number of ether oxygens (including phenoxy) is 1. The number of halogens is 2. The van der Waals surface area contributed by atoms with E-state index in [0.717, 1.165) is 6.07 Å². The zero-order valence-corrected chi connectivity index (χ0v) is 14.3. The molecule has 118 valence electrons. The first-order chi connectivity index (χ1) is 9.42. The van der Waals surface area contributed by atoms with Crippen molar-refractivity contribution in [3.8, 4) is 0 Å². The van der Waals surface area contributed by atoms with Crippen LogP contribution in [0.25, 0.3) is 0 Å². The van der Waals surface area contributed by atoms with Crippen LogP contribution in [0.3, 0.4) is 0 Å². The van der Waals surface area contributed by atoms with E-state index in [9.17, 15) is 13.2 Å². The van der Waals surface area contributed by atoms with Gasteiger partial charge in [-0.1, -0.05) is 44.0 Å². The van der Waals surface area contributed by atoms with Crippen molar-refractivity contribution in [3.63, 3.8) is 0 Å². The summed E-state index contributed by atoms with van der Waals surface area (Å²) in [6, 6.07) is 2.31. The Labute approximate surface area is 134 Å². The third-order valence-electron chi connectivity index (χ3n) is 2.62. The Kier molecular flexibility index (Phi) is 5.66. The quantitative estimate of drug-likeness (QED) is 0.841. The lowest BCUT2D eigenvalue weighted by molar-refractivity contribution is 0.0464. The smallest absolute Gasteiger partial charge is 0.338 e. The molecule has 8 heteroatoms. The van der Waals surface area contributed by atoms with E-state index in [0.29, 0.717) is 6.42 Å². The second-order valence-electron chi connectivity index (χ2n) is 5.76. The highest BCUT2D eigenvalue weighted by atomic mass is 35.5. The molecule has 0 saturated carbocycles. The number of hydrogen-bond donors (Lipinski definition) is 1. The van der Waals surface area contributed by atoms with E-state index in [1.54, 1.807) is 0 Å². The van der Waals surface area contributed by atoms with Crippen LogP contribution in [-0.2, 0) is 14.8 Å². The molecule has 0 amide bonds. The Hall–Kier alpha value is -0.820. The van der Waals surface area contributed by atoms with E-state index >= 15 is 0 Å². The predicted molar refractivity (Wildman–Crippen MR) is 82.2 cm³/mol. The van der Waals surface area contributed by atoms with Crippen LogP contribution in [0.1, 0.15) is 37.6 Å². The van der Waals surface area contributed by atoms with Gasteiger partial charge in [0, 0.05) is 0 Å². The van der Waals surface area contributed by atoms with Gasteiger partial charge in [-0.2, -0.15) is 0 Å². The molecule has 0 heterocycles. The maximum Gasteiger partial charge on any atom is 0.338 e. The van der Waals surface area contributed by atoms with Gasteiger partial charge in [0.15, 0.2) is 0 Å². The molecule has 0 aliphatic rings. The molecule has 5 nitrogen and oxygen atoms in total. The van der Waals surface area contributed by atoms with E-state index in [1.165, 1.54) is 6.07 Å². The van der Waals surface area contributed by atoms with Crippen molar-refractivity contribution in [1.29, 1.82) is 0 Å². The van der Waals surface area contributed by atoms with Crippen molar-refractivity contribution in [2.45, 2.75) is 32.1 Å². The van der Waals surface area contributed by atoms with Gasteiger partial charge in [-0.15, -0.1) is 0 Å². The molecule has 0 spiro atoms. The van der Waals surface area contributed by atoms with Crippen molar-refractivity contribution in [1.82, 2.24) is 0 Å². The van der Waals surface area contributed by atoms with Crippen LogP contribution in [0.2, 0.25) is 10.0 Å². The molecule has 0 radical (unpaired) electrons. The fourth-order valence-corrected chi connectivity index (χ4v) is 2.78. The van der Waals surface area contributed by atoms with Gasteiger partial charge in [0.2, 0.25) is 10.0 Å². The Morgan fingerprint density at radius 2 is 1.86 bits per heavy atom. The molecule has 1 aromatic rings. The molecule has 0 aliphatic carbocycles. The highest BCUT2D eigenvalue weighted by molar-refractivity contribution is 7.89. The van der Waals surface area contributed by atoms with Crippen LogP contribution in [0.5, 0.6) is 0 Å². The number of esters is 1. The number of carbonyl (C=O) groups is 1. The summed E-state index contributed by atoms with van der Waals surface area (Å²) in [6.45, 7) is 6.25. The summed E-state index contributed by atoms with van der Waals surface area (Å²) in [5.41, 5.74) is 0.00581. The summed E-state index contributed by atoms with van der Waals surface area (Å²) in [6.07, 6.45) is 0.669. The fourth-order valence-electron chi connectivity index (χ4n) is 1.42. The monoisotopic (exact) mass is 353 g/mol. The third-order valence-corrected chi connectivity index (χ3v) is 4.47. The first-order valence-corrected chi connectivity index (χ1v) is 8.41. The molecule has 1 rings (SSSR count). The van der Waals surface area contributed by atoms with Crippen molar-refractivity contribution in [2.75, 3.05) is 6.61 Å². The zero-order valence-electron chi connectivity index (χ0n) is 11.9. The van der Waals surface area contributed by atoms with Gasteiger partial charge in [0.1, 0.15) is 4.90 Å². The van der Waals surface area contributed by atoms with Crippen LogP contribution >= 0.6 is 23.2 Å². The average Bonchev–Trinajstić information content (AvgIpc) is 2.29. The summed E-state index contributed by atoms with van der Waals surface area (Å²) in [5, 5.41) is 4.73. The van der Waals surface area contributed by atoms with Crippen molar-refractivity contribution < 1.29 is 17.9 Å². The molecule has 21 heavy (non-hydrogen) atoms. The Morgan fingerprint density at radius 3 is 2.33 bits per heavy atom. The molecule has 0 fully saturated rings. The Morgan fingerprint density at radius 1 is 1.29 bits per heavy atom. The molecule has 0 aromatic heterocycles. The summed E-state index contributed by atoms with van der Waals surface area (Å²) in [7, 11) is -4.08. The number of primary sulfonamides is 1. The van der Waals surface area contributed by atoms with E-state index in [4.69, 9.17) is 33.1 Å². The van der Waals surface area contributed by atoms with Gasteiger partial charge in [-0.3, -0.25) is 0 Å². The van der Waals surface area contributed by atoms with Crippen LogP contribution in [0, 0.1) is 5.41 Å². The lowest BCUT2D eigenvalue weighted by Crippen LogP contribution is -2.16. The highest BCUT2D eigenvalue weighted by Crippen LogP contribution is 2.30. The molecule has 0 atom stereocenters. The van der Waals surface area contributed by atoms with E-state index in [2.05, 4.69) is 0 Å². The summed E-state index contributed by atoms with van der Waals surface area (Å²) >= 11 is 11.6. The molecular formula is C13H17Cl2NO4S. The van der Waals surface area contributed by atoms with Gasteiger partial charge < -0.3 is 4.74 Å². The minimum atomic E-state index is -4.08. The van der Waals surface area contributed by atoms with Gasteiger partial charge in [0.05, 0.1) is 22.2 Å². The van der Waals surface area contributed by atoms with Crippen LogP contribution < -0.4 is 5.14 Å². The molecular weight excluding hydrogens is 337 g/mol. The highest BCUT2D eigenvalue weighted by Gasteiger charge is 2.20. The molecule has 0 unspecified atom stereocenters. The first-order valence-electron chi connectivity index (χ1n) is 6.11. The van der Waals surface area contributed by atoms with Crippen molar-refractivity contribution in [3.05, 3.63) is 27.7 Å². The SMILES string of the molecule is CC(C)(C)CCOC(=O)c1cc(Cl)c(Cl)c(S(N)(=O)=O)c1. The molecule has 0 bridgehead atoms. The largest absolute Gasteiger partial charge is 0.462 e. The number of benzene rings is 1. The zero-order chi connectivity index (χ0) is 16.4. The second kappa shape index (κ2) is 6.52. The van der Waals surface area contributed by atoms with Gasteiger partial charge in [-0.05, 0) is 24.0 Å². The maximum absolute atomic E-state index is 11.9. The minimum absolute atomic E-state index is 0.0117. The molecule has 2 N–H and O–H groups in total. The third kappa shape index (κ3) is 5.47. The number of sulfonamides is 1. The van der Waals surface area contributed by atoms with Crippen LogP contribution in [0.4, 0.5) is 0 Å². The number of hydrogen-bond acceptors (Lipinski definition) is 4. The predicted octanol–water partition coefficient (Wildman–Crippen LogP) is 3.23. The molecule has 0 saturated heterocycles. The Balaban J connectivity index is 2.99. The van der Waals surface area contributed by atoms with Gasteiger partial charge >= 0.3 is 5.97 Å². The lowest BCUT2D eigenvalue weighted by Gasteiger charge is -2.17. The summed E-state index contributed by atoms with van der Waals surface area (Å²) in [4.78, 5) is 11.5. The van der Waals surface area contributed by atoms with E-state index in [-0.39, 0.29) is 27.6 Å². The molecule has 1 aromatic carbocycles. The van der Waals surface area contributed by atoms with E-state index in [1.807, 2.05) is 20.8 Å². The van der Waals surface area contributed by atoms with Gasteiger partial charge in [-0.25, -0.2) is 18.4 Å². The number of rotatable bonds is 4. The normalized spacial score (nSPS) is 12.3. The summed E-state index contributed by atoms with van der Waals surface area (Å²) in [5.74, 6) is -0.678. The second-order valence-corrected chi connectivity index (χ2v) is 8.08. The average molecular weight is 354 g/mol. The standard InChI is InChI=1S/C13H17Cl2NO4S/c1-13(2,3)4-5-20-12(17)8-6-9(14)11(15)10(7-8)21(16,18)19/h6-7H,4-5H2,1-3H3,(H2,16,18,19). The fraction of sp³-hybridized carbons (Fsp3) is 0.462. The topological polar surface area (TPSA) is 86.5 Å². The van der Waals surface area contributed by atoms with Crippen molar-refractivity contribution in [2.24, 2.45) is 10.6 Å². The van der Waals surface area contributed by atoms with Crippen molar-refractivity contribution >= 4 is 39.2 Å². The maximum atomic E-state index is 11.9. The first kappa shape index (κ1) is 18.2. The van der Waals surface area contributed by atoms with Gasteiger partial charge in [0.25, 0.3) is 0 Å². The van der Waals surface area contributed by atoms with Crippen LogP contribution in [-0.4, -0.2) is 21.0 Å². The van der Waals surface area contributed by atoms with E-state index < -0.39 is 20.9 Å². The number of carbonyl (C=O) groups excluding carboxylic acids is 1. The molecule has 0 aliphatic heterocycles. The Bertz CT molecular complexity index is 651. The summed E-state index contributed by atoms with van der Waals surface area (Å²) < 4.78 is 27.9. The minimum Gasteiger partial charge on any atom is -0.462 e. The lowest BCUT2D eigenvalue weighted by atomic mass is 9.93. The van der Waals surface area contributed by atoms with Crippen LogP contribution in [0.15, 0.2) is 17.0 Å². The number of nitrogens with two attached hydrogens (primary N) is 1.